The van der Waals surface area contributed by atoms with Crippen LogP contribution in [0.2, 0.25) is 0 Å². The Balaban J connectivity index is 1.22. The first-order valence-electron chi connectivity index (χ1n) is 14.1. The van der Waals surface area contributed by atoms with Crippen molar-refractivity contribution < 1.29 is 27.8 Å². The fraction of sp³-hybridized carbons (Fsp3) is 0.290. The van der Waals surface area contributed by atoms with Crippen molar-refractivity contribution in [2.75, 3.05) is 18.9 Å². The van der Waals surface area contributed by atoms with Crippen molar-refractivity contribution >= 4 is 17.8 Å². The van der Waals surface area contributed by atoms with Gasteiger partial charge in [-0.15, -0.1) is 5.53 Å². The van der Waals surface area contributed by atoms with Crippen LogP contribution < -0.4 is 26.6 Å². The van der Waals surface area contributed by atoms with Gasteiger partial charge in [0.05, 0.1) is 6.54 Å². The molecular weight excluding hydrogens is 588 g/mol. The number of alkyl halides is 2. The molecule has 1 aliphatic rings. The van der Waals surface area contributed by atoms with Crippen LogP contribution in [0.4, 0.5) is 19.4 Å². The van der Waals surface area contributed by atoms with E-state index in [0.29, 0.717) is 5.56 Å². The SMILES string of the molecule is C=CC(C)(F)Oc1cccc(CNC(=O)C2=CN(CC(F)CCn3ccc(NC(=O)OCc4ccccc4)nc3=O)NN2C)c1. The second kappa shape index (κ2) is 15.0. The highest BCUT2D eigenvalue weighted by Gasteiger charge is 2.25. The number of nitrogens with zero attached hydrogens (tertiary/aromatic N) is 4. The zero-order chi connectivity index (χ0) is 32.4. The second-order valence-electron chi connectivity index (χ2n) is 10.3. The average Bonchev–Trinajstić information content (AvgIpc) is 3.38. The third-order valence-electron chi connectivity index (χ3n) is 6.58. The normalized spacial score (nSPS) is 14.6. The van der Waals surface area contributed by atoms with Crippen LogP contribution in [0.1, 0.15) is 24.5 Å². The smallest absolute Gasteiger partial charge is 0.413 e. The van der Waals surface area contributed by atoms with Gasteiger partial charge in [0.15, 0.2) is 0 Å². The molecule has 0 saturated heterocycles. The van der Waals surface area contributed by atoms with Crippen molar-refractivity contribution in [3.63, 3.8) is 0 Å². The average molecular weight is 624 g/mol. The summed E-state index contributed by atoms with van der Waals surface area (Å²) in [6.45, 7) is 4.80. The van der Waals surface area contributed by atoms with Crippen LogP contribution in [-0.4, -0.2) is 57.2 Å². The largest absolute Gasteiger partial charge is 0.455 e. The number of nitrogens with one attached hydrogen (secondary N) is 3. The maximum Gasteiger partial charge on any atom is 0.413 e. The molecule has 0 spiro atoms. The summed E-state index contributed by atoms with van der Waals surface area (Å²) in [7, 11) is 1.61. The number of ether oxygens (including phenoxy) is 2. The topological polar surface area (TPSA) is 130 Å². The molecule has 4 rings (SSSR count). The van der Waals surface area contributed by atoms with Crippen molar-refractivity contribution in [3.8, 4) is 5.75 Å². The molecule has 238 valence electrons. The molecule has 2 amide bonds. The van der Waals surface area contributed by atoms with Gasteiger partial charge in [-0.2, -0.15) is 9.37 Å². The molecule has 0 saturated carbocycles. The minimum Gasteiger partial charge on any atom is -0.455 e. The standard InChI is InChI=1S/C31H35F2N7O5/c1-4-31(2,33)45-25-12-8-11-23(17-25)18-34-28(41)26-20-40(37-38(26)3)19-24(32)13-15-39-16-14-27(35-29(39)42)36-30(43)44-21-22-9-6-5-7-10-22/h4-12,14,16-17,20,24,37H,1,13,15,18-19,21H2,2-3H3,(H,34,41)(H,35,36,42,43). The minimum absolute atomic E-state index is 0.00701. The summed E-state index contributed by atoms with van der Waals surface area (Å²) in [6.07, 6.45) is 1.81. The highest BCUT2D eigenvalue weighted by molar-refractivity contribution is 5.92. The first-order chi connectivity index (χ1) is 21.5. The Morgan fingerprint density at radius 1 is 1.16 bits per heavy atom. The molecule has 3 N–H and O–H groups in total. The molecule has 0 aliphatic carbocycles. The number of carbonyl (C=O) groups excluding carboxylic acids is 2. The van der Waals surface area contributed by atoms with Crippen molar-refractivity contribution in [2.45, 2.75) is 45.1 Å². The lowest BCUT2D eigenvalue weighted by atomic mass is 10.2. The molecule has 1 aliphatic heterocycles. The maximum absolute atomic E-state index is 14.9. The molecule has 45 heavy (non-hydrogen) atoms. The lowest BCUT2D eigenvalue weighted by Crippen LogP contribution is -2.42. The molecule has 2 heterocycles. The number of likely N-dealkylation sites (N-methyl/N-ethyl adjacent to an activating group) is 1. The third kappa shape index (κ3) is 9.89. The number of hydrogen-bond donors (Lipinski definition) is 3. The Kier molecular flexibility index (Phi) is 10.9. The van der Waals surface area contributed by atoms with E-state index in [1.807, 2.05) is 30.3 Å². The van der Waals surface area contributed by atoms with E-state index >= 15 is 0 Å². The molecule has 3 aromatic rings. The van der Waals surface area contributed by atoms with Gasteiger partial charge in [-0.3, -0.25) is 24.7 Å². The number of halogens is 2. The number of hydrazine groups is 2. The number of rotatable bonds is 14. The number of carbonyl (C=O) groups is 2. The summed E-state index contributed by atoms with van der Waals surface area (Å²) in [6, 6.07) is 17.2. The number of aryl methyl sites for hydroxylation is 1. The second-order valence-corrected chi connectivity index (χ2v) is 10.3. The van der Waals surface area contributed by atoms with Crippen LogP contribution in [0.25, 0.3) is 0 Å². The van der Waals surface area contributed by atoms with Gasteiger partial charge in [0.2, 0.25) is 0 Å². The quantitative estimate of drug-likeness (QED) is 0.230. The third-order valence-corrected chi connectivity index (χ3v) is 6.58. The molecule has 14 heteroatoms. The van der Waals surface area contributed by atoms with Gasteiger partial charge in [0, 0.05) is 39.5 Å². The van der Waals surface area contributed by atoms with E-state index in [4.69, 9.17) is 9.47 Å². The number of aromatic nitrogens is 2. The van der Waals surface area contributed by atoms with Gasteiger partial charge in [0.1, 0.15) is 30.0 Å². The van der Waals surface area contributed by atoms with E-state index in [9.17, 15) is 23.2 Å². The van der Waals surface area contributed by atoms with Crippen LogP contribution >= 0.6 is 0 Å². The van der Waals surface area contributed by atoms with E-state index < -0.39 is 29.7 Å². The number of hydrogen-bond acceptors (Lipinski definition) is 9. The van der Waals surface area contributed by atoms with Crippen LogP contribution in [0.3, 0.4) is 0 Å². The predicted molar refractivity (Wildman–Crippen MR) is 163 cm³/mol. The molecule has 12 nitrogen and oxygen atoms in total. The fourth-order valence-electron chi connectivity index (χ4n) is 4.19. The highest BCUT2D eigenvalue weighted by Crippen LogP contribution is 2.22. The molecule has 1 aromatic heterocycles. The van der Waals surface area contributed by atoms with Crippen LogP contribution in [0.5, 0.6) is 5.75 Å². The van der Waals surface area contributed by atoms with Crippen molar-refractivity contribution in [2.24, 2.45) is 0 Å². The number of amides is 2. The van der Waals surface area contributed by atoms with Gasteiger partial charge in [-0.05, 0) is 41.8 Å². The zero-order valence-electron chi connectivity index (χ0n) is 24.9. The molecule has 2 aromatic carbocycles. The Morgan fingerprint density at radius 3 is 2.64 bits per heavy atom. The molecule has 2 unspecified atom stereocenters. The van der Waals surface area contributed by atoms with E-state index in [1.165, 1.54) is 40.0 Å². The summed E-state index contributed by atoms with van der Waals surface area (Å²) >= 11 is 0. The lowest BCUT2D eigenvalue weighted by Gasteiger charge is -2.22. The lowest BCUT2D eigenvalue weighted by molar-refractivity contribution is -0.119. The summed E-state index contributed by atoms with van der Waals surface area (Å²) in [5.74, 6) is -2.14. The molecule has 2 atom stereocenters. The predicted octanol–water partition coefficient (Wildman–Crippen LogP) is 3.80. The van der Waals surface area contributed by atoms with E-state index in [0.717, 1.165) is 11.6 Å². The maximum atomic E-state index is 14.9. The van der Waals surface area contributed by atoms with Crippen molar-refractivity contribution in [1.29, 1.82) is 0 Å². The van der Waals surface area contributed by atoms with E-state index in [2.05, 4.69) is 27.7 Å². The van der Waals surface area contributed by atoms with Crippen LogP contribution in [-0.2, 0) is 29.2 Å². The highest BCUT2D eigenvalue weighted by atomic mass is 19.2. The summed E-state index contributed by atoms with van der Waals surface area (Å²) < 4.78 is 40.6. The van der Waals surface area contributed by atoms with Crippen molar-refractivity contribution in [3.05, 3.63) is 113 Å². The Morgan fingerprint density at radius 2 is 1.91 bits per heavy atom. The van der Waals surface area contributed by atoms with Crippen LogP contribution in [0, 0.1) is 0 Å². The summed E-state index contributed by atoms with van der Waals surface area (Å²) in [4.78, 5) is 41.0. The summed E-state index contributed by atoms with van der Waals surface area (Å²) in [5.41, 5.74) is 3.97. The minimum atomic E-state index is -2.03. The molecule has 0 bridgehead atoms. The monoisotopic (exact) mass is 623 g/mol. The zero-order valence-corrected chi connectivity index (χ0v) is 24.9. The molecular formula is C31H35F2N7O5. The molecule has 0 radical (unpaired) electrons. The van der Waals surface area contributed by atoms with Crippen LogP contribution in [0.15, 0.2) is 96.2 Å². The van der Waals surface area contributed by atoms with Gasteiger partial charge in [-0.25, -0.2) is 14.0 Å². The first kappa shape index (κ1) is 32.7. The van der Waals surface area contributed by atoms with Gasteiger partial charge in [-0.1, -0.05) is 49.0 Å². The van der Waals surface area contributed by atoms with E-state index in [-0.39, 0.29) is 49.9 Å². The Hall–Kier alpha value is -5.24. The number of anilines is 1. The Labute approximate surface area is 258 Å². The number of benzene rings is 2. The van der Waals surface area contributed by atoms with Gasteiger partial charge >= 0.3 is 11.8 Å². The van der Waals surface area contributed by atoms with Gasteiger partial charge in [0.25, 0.3) is 11.8 Å². The van der Waals surface area contributed by atoms with E-state index in [1.54, 1.807) is 31.3 Å². The fourth-order valence-corrected chi connectivity index (χ4v) is 4.19. The summed E-state index contributed by atoms with van der Waals surface area (Å²) in [5, 5.41) is 8.06. The van der Waals surface area contributed by atoms with Crippen molar-refractivity contribution in [1.82, 2.24) is 30.4 Å². The first-order valence-corrected chi connectivity index (χ1v) is 14.1. The molecule has 0 fully saturated rings. The van der Waals surface area contributed by atoms with Gasteiger partial charge < -0.3 is 14.8 Å². The Bertz CT molecular complexity index is 1580.